The molecule has 0 radical (unpaired) electrons. The van der Waals surface area contributed by atoms with E-state index >= 15 is 0 Å². The number of ether oxygens (including phenoxy) is 3. The number of rotatable bonds is 9. The summed E-state index contributed by atoms with van der Waals surface area (Å²) in [5, 5.41) is 0. The molecule has 0 N–H and O–H groups in total. The van der Waals surface area contributed by atoms with Gasteiger partial charge in [-0.25, -0.2) is 4.79 Å². The Morgan fingerprint density at radius 1 is 1.09 bits per heavy atom. The molecular weight excluding hydrogens is 282 g/mol. The molecule has 0 unspecified atom stereocenters. The number of benzene rings is 1. The van der Waals surface area contributed by atoms with E-state index in [4.69, 9.17) is 14.2 Å². The summed E-state index contributed by atoms with van der Waals surface area (Å²) in [6.07, 6.45) is -0.787. The van der Waals surface area contributed by atoms with Crippen LogP contribution in [0.3, 0.4) is 0 Å². The first kappa shape index (κ1) is 18.5. The highest BCUT2D eigenvalue weighted by Gasteiger charge is 2.23. The average molecular weight is 309 g/mol. The van der Waals surface area contributed by atoms with Gasteiger partial charge in [0.25, 0.3) is 0 Å². The van der Waals surface area contributed by atoms with E-state index in [9.17, 15) is 4.79 Å². The SMILES string of the molecule is CCOC(CN(C(=O)OCc1ccccc1)C(C)C)OCC. The van der Waals surface area contributed by atoms with Crippen molar-refractivity contribution in [2.75, 3.05) is 19.8 Å². The van der Waals surface area contributed by atoms with E-state index in [2.05, 4.69) is 0 Å². The molecule has 0 heterocycles. The maximum absolute atomic E-state index is 12.3. The van der Waals surface area contributed by atoms with Crippen molar-refractivity contribution in [2.24, 2.45) is 0 Å². The first-order chi connectivity index (χ1) is 10.6. The normalized spacial score (nSPS) is 11.0. The van der Waals surface area contributed by atoms with Crippen LogP contribution in [0.4, 0.5) is 4.79 Å². The van der Waals surface area contributed by atoms with Gasteiger partial charge in [-0.2, -0.15) is 0 Å². The molecule has 1 rings (SSSR count). The number of hydrogen-bond acceptors (Lipinski definition) is 4. The molecule has 0 aromatic heterocycles. The van der Waals surface area contributed by atoms with Crippen molar-refractivity contribution in [1.29, 1.82) is 0 Å². The summed E-state index contributed by atoms with van der Waals surface area (Å²) in [5.41, 5.74) is 0.964. The molecule has 0 saturated carbocycles. The van der Waals surface area contributed by atoms with Crippen LogP contribution in [0.2, 0.25) is 0 Å². The minimum atomic E-state index is -0.429. The smallest absolute Gasteiger partial charge is 0.410 e. The van der Waals surface area contributed by atoms with E-state index in [-0.39, 0.29) is 18.7 Å². The van der Waals surface area contributed by atoms with Crippen LogP contribution in [0.25, 0.3) is 0 Å². The minimum Gasteiger partial charge on any atom is -0.445 e. The van der Waals surface area contributed by atoms with Crippen molar-refractivity contribution in [3.63, 3.8) is 0 Å². The van der Waals surface area contributed by atoms with Crippen LogP contribution in [0.5, 0.6) is 0 Å². The van der Waals surface area contributed by atoms with Crippen LogP contribution in [-0.4, -0.2) is 43.1 Å². The summed E-state index contributed by atoms with van der Waals surface area (Å²) >= 11 is 0. The molecule has 0 aliphatic rings. The second-order valence-corrected chi connectivity index (χ2v) is 5.13. The number of carbonyl (C=O) groups is 1. The summed E-state index contributed by atoms with van der Waals surface area (Å²) in [6.45, 7) is 9.38. The van der Waals surface area contributed by atoms with Crippen LogP contribution >= 0.6 is 0 Å². The van der Waals surface area contributed by atoms with Crippen molar-refractivity contribution >= 4 is 6.09 Å². The summed E-state index contributed by atoms with van der Waals surface area (Å²) in [4.78, 5) is 13.9. The third-order valence-corrected chi connectivity index (χ3v) is 3.11. The predicted molar refractivity (Wildman–Crippen MR) is 85.5 cm³/mol. The molecule has 0 bridgehead atoms. The van der Waals surface area contributed by atoms with E-state index in [0.717, 1.165) is 5.56 Å². The van der Waals surface area contributed by atoms with E-state index in [1.807, 2.05) is 58.0 Å². The van der Waals surface area contributed by atoms with Crippen molar-refractivity contribution in [3.05, 3.63) is 35.9 Å². The summed E-state index contributed by atoms with van der Waals surface area (Å²) < 4.78 is 16.4. The van der Waals surface area contributed by atoms with Gasteiger partial charge in [0, 0.05) is 19.3 Å². The molecule has 0 saturated heterocycles. The Labute approximate surface area is 133 Å². The third kappa shape index (κ3) is 6.45. The minimum absolute atomic E-state index is 0.00619. The largest absolute Gasteiger partial charge is 0.445 e. The Balaban J connectivity index is 2.58. The number of nitrogens with zero attached hydrogens (tertiary/aromatic N) is 1. The zero-order valence-electron chi connectivity index (χ0n) is 14.0. The molecule has 0 aliphatic heterocycles. The molecule has 1 aromatic rings. The first-order valence-corrected chi connectivity index (χ1v) is 7.79. The van der Waals surface area contributed by atoms with Crippen molar-refractivity contribution < 1.29 is 19.0 Å². The van der Waals surface area contributed by atoms with Crippen LogP contribution in [0.1, 0.15) is 33.3 Å². The highest BCUT2D eigenvalue weighted by molar-refractivity contribution is 5.68. The Morgan fingerprint density at radius 2 is 1.68 bits per heavy atom. The Kier molecular flexibility index (Phi) is 8.55. The molecule has 1 amide bonds. The highest BCUT2D eigenvalue weighted by atomic mass is 16.7. The van der Waals surface area contributed by atoms with Gasteiger partial charge in [-0.15, -0.1) is 0 Å². The Hall–Kier alpha value is -1.59. The molecule has 0 aliphatic carbocycles. The van der Waals surface area contributed by atoms with Gasteiger partial charge in [0.2, 0.25) is 0 Å². The van der Waals surface area contributed by atoms with Crippen LogP contribution < -0.4 is 0 Å². The molecule has 5 heteroatoms. The molecule has 5 nitrogen and oxygen atoms in total. The number of carbonyl (C=O) groups excluding carboxylic acids is 1. The molecule has 124 valence electrons. The van der Waals surface area contributed by atoms with Crippen LogP contribution in [-0.2, 0) is 20.8 Å². The monoisotopic (exact) mass is 309 g/mol. The van der Waals surface area contributed by atoms with Gasteiger partial charge in [-0.3, -0.25) is 0 Å². The number of amides is 1. The van der Waals surface area contributed by atoms with Gasteiger partial charge in [0.1, 0.15) is 6.61 Å². The van der Waals surface area contributed by atoms with E-state index < -0.39 is 6.29 Å². The second kappa shape index (κ2) is 10.2. The topological polar surface area (TPSA) is 48.0 Å². The zero-order valence-corrected chi connectivity index (χ0v) is 14.0. The molecule has 0 fully saturated rings. The van der Waals surface area contributed by atoms with Crippen molar-refractivity contribution in [2.45, 2.75) is 46.6 Å². The Morgan fingerprint density at radius 3 is 2.18 bits per heavy atom. The van der Waals surface area contributed by atoms with Gasteiger partial charge in [-0.05, 0) is 33.3 Å². The molecular formula is C17H27NO4. The van der Waals surface area contributed by atoms with Crippen molar-refractivity contribution in [1.82, 2.24) is 4.90 Å². The van der Waals surface area contributed by atoms with Gasteiger partial charge < -0.3 is 19.1 Å². The Bertz CT molecular complexity index is 416. The first-order valence-electron chi connectivity index (χ1n) is 7.79. The van der Waals surface area contributed by atoms with Gasteiger partial charge >= 0.3 is 6.09 Å². The van der Waals surface area contributed by atoms with Gasteiger partial charge in [0.15, 0.2) is 6.29 Å². The standard InChI is InChI=1S/C17H27NO4/c1-5-20-16(21-6-2)12-18(14(3)4)17(19)22-13-15-10-8-7-9-11-15/h7-11,14,16H,5-6,12-13H2,1-4H3. The fourth-order valence-corrected chi connectivity index (χ4v) is 1.98. The van der Waals surface area contributed by atoms with Gasteiger partial charge in [-0.1, -0.05) is 30.3 Å². The maximum atomic E-state index is 12.3. The highest BCUT2D eigenvalue weighted by Crippen LogP contribution is 2.09. The quantitative estimate of drug-likeness (QED) is 0.656. The summed E-state index contributed by atoms with van der Waals surface area (Å²) in [7, 11) is 0. The fraction of sp³-hybridized carbons (Fsp3) is 0.588. The average Bonchev–Trinajstić information content (AvgIpc) is 2.51. The zero-order chi connectivity index (χ0) is 16.4. The lowest BCUT2D eigenvalue weighted by Crippen LogP contribution is -2.44. The maximum Gasteiger partial charge on any atom is 0.410 e. The van der Waals surface area contributed by atoms with Crippen LogP contribution in [0, 0.1) is 0 Å². The third-order valence-electron chi connectivity index (χ3n) is 3.11. The van der Waals surface area contributed by atoms with E-state index in [1.54, 1.807) is 4.90 Å². The van der Waals surface area contributed by atoms with Crippen LogP contribution in [0.15, 0.2) is 30.3 Å². The predicted octanol–water partition coefficient (Wildman–Crippen LogP) is 3.43. The number of hydrogen-bond donors (Lipinski definition) is 0. The van der Waals surface area contributed by atoms with E-state index in [1.165, 1.54) is 0 Å². The lowest BCUT2D eigenvalue weighted by atomic mass is 10.2. The second-order valence-electron chi connectivity index (χ2n) is 5.13. The molecule has 1 aromatic carbocycles. The fourth-order valence-electron chi connectivity index (χ4n) is 1.98. The van der Waals surface area contributed by atoms with Crippen molar-refractivity contribution in [3.8, 4) is 0 Å². The van der Waals surface area contributed by atoms with Gasteiger partial charge in [0.05, 0.1) is 6.54 Å². The van der Waals surface area contributed by atoms with E-state index in [0.29, 0.717) is 19.8 Å². The summed E-state index contributed by atoms with van der Waals surface area (Å²) in [5.74, 6) is 0. The molecule has 0 atom stereocenters. The lowest BCUT2D eigenvalue weighted by molar-refractivity contribution is -0.147. The molecule has 0 spiro atoms. The molecule has 22 heavy (non-hydrogen) atoms. The summed E-state index contributed by atoms with van der Waals surface area (Å²) in [6, 6.07) is 9.63. The lowest BCUT2D eigenvalue weighted by Gasteiger charge is -2.29.